The number of nitrogens with zero attached hydrogens (tertiary/aromatic N) is 2. The molecule has 0 spiro atoms. The molecular weight excluding hydrogens is 326 g/mol. The van der Waals surface area contributed by atoms with Gasteiger partial charge in [0.25, 0.3) is 11.8 Å². The van der Waals surface area contributed by atoms with Crippen molar-refractivity contribution in [2.24, 2.45) is 0 Å². The van der Waals surface area contributed by atoms with Crippen LogP contribution in [-0.2, 0) is 9.59 Å². The van der Waals surface area contributed by atoms with Gasteiger partial charge in [0.05, 0.1) is 5.69 Å². The average molecular weight is 349 g/mol. The maximum absolute atomic E-state index is 12.7. The molecule has 1 aliphatic heterocycles. The topological polar surface area (TPSA) is 52.7 Å². The molecule has 5 nitrogen and oxygen atoms in total. The fourth-order valence-electron chi connectivity index (χ4n) is 2.78. The summed E-state index contributed by atoms with van der Waals surface area (Å²) in [6.07, 6.45) is 1.63. The standard InChI is InChI=1S/C21H23N3O2/c1-5-23(4)17-10-7-16(8-11-17)13-19-20(25)22-24(21(19)26)18-9-6-14(2)15(3)12-18/h6-13H,5H2,1-4H3,(H,22,25)/b19-13+. The number of benzene rings is 2. The zero-order valence-corrected chi connectivity index (χ0v) is 15.5. The summed E-state index contributed by atoms with van der Waals surface area (Å²) in [5, 5.41) is 1.31. The van der Waals surface area contributed by atoms with Gasteiger partial charge in [-0.25, -0.2) is 5.01 Å². The van der Waals surface area contributed by atoms with Crippen molar-refractivity contribution in [2.75, 3.05) is 23.5 Å². The first kappa shape index (κ1) is 17.7. The summed E-state index contributed by atoms with van der Waals surface area (Å²) in [6.45, 7) is 6.98. The monoisotopic (exact) mass is 349 g/mol. The Kier molecular flexibility index (Phi) is 4.80. The Morgan fingerprint density at radius 3 is 2.35 bits per heavy atom. The fraction of sp³-hybridized carbons (Fsp3) is 0.238. The first-order valence-electron chi connectivity index (χ1n) is 8.66. The molecule has 2 amide bonds. The third kappa shape index (κ3) is 3.33. The van der Waals surface area contributed by atoms with Gasteiger partial charge in [0.2, 0.25) is 0 Å². The Morgan fingerprint density at radius 1 is 1.04 bits per heavy atom. The predicted molar refractivity (Wildman–Crippen MR) is 105 cm³/mol. The van der Waals surface area contributed by atoms with Crippen LogP contribution in [0.15, 0.2) is 48.0 Å². The van der Waals surface area contributed by atoms with E-state index in [1.807, 2.05) is 63.4 Å². The second-order valence-corrected chi connectivity index (χ2v) is 6.51. The van der Waals surface area contributed by atoms with Crippen molar-refractivity contribution in [1.82, 2.24) is 5.43 Å². The van der Waals surface area contributed by atoms with Gasteiger partial charge in [0, 0.05) is 19.3 Å². The molecular formula is C21H23N3O2. The number of aryl methyl sites for hydroxylation is 2. The second kappa shape index (κ2) is 7.04. The van der Waals surface area contributed by atoms with E-state index in [4.69, 9.17) is 0 Å². The molecule has 0 aliphatic carbocycles. The van der Waals surface area contributed by atoms with Crippen molar-refractivity contribution in [3.63, 3.8) is 0 Å². The summed E-state index contributed by atoms with van der Waals surface area (Å²) in [6, 6.07) is 13.4. The smallest absolute Gasteiger partial charge is 0.282 e. The van der Waals surface area contributed by atoms with Crippen LogP contribution in [0.25, 0.3) is 6.08 Å². The van der Waals surface area contributed by atoms with E-state index in [9.17, 15) is 9.59 Å². The molecule has 1 aliphatic rings. The Balaban J connectivity index is 1.86. The third-order valence-electron chi connectivity index (χ3n) is 4.76. The lowest BCUT2D eigenvalue weighted by atomic mass is 10.1. The summed E-state index contributed by atoms with van der Waals surface area (Å²) in [7, 11) is 2.02. The fourth-order valence-corrected chi connectivity index (χ4v) is 2.78. The minimum Gasteiger partial charge on any atom is -0.375 e. The van der Waals surface area contributed by atoms with Crippen molar-refractivity contribution in [3.8, 4) is 0 Å². The zero-order chi connectivity index (χ0) is 18.8. The normalized spacial score (nSPS) is 15.5. The van der Waals surface area contributed by atoms with Gasteiger partial charge < -0.3 is 4.90 Å². The van der Waals surface area contributed by atoms with Crippen molar-refractivity contribution in [2.45, 2.75) is 20.8 Å². The summed E-state index contributed by atoms with van der Waals surface area (Å²) in [4.78, 5) is 27.1. The molecule has 0 saturated carbocycles. The van der Waals surface area contributed by atoms with Crippen LogP contribution in [0.1, 0.15) is 23.6 Å². The number of hydrogen-bond donors (Lipinski definition) is 1. The molecule has 1 saturated heterocycles. The van der Waals surface area contributed by atoms with E-state index in [0.29, 0.717) is 5.69 Å². The summed E-state index contributed by atoms with van der Waals surface area (Å²) < 4.78 is 0. The van der Waals surface area contributed by atoms with Gasteiger partial charge in [-0.15, -0.1) is 0 Å². The molecule has 0 atom stereocenters. The van der Waals surface area contributed by atoms with Crippen LogP contribution in [0.3, 0.4) is 0 Å². The number of amides is 2. The average Bonchev–Trinajstić information content (AvgIpc) is 2.92. The molecule has 26 heavy (non-hydrogen) atoms. The van der Waals surface area contributed by atoms with Gasteiger partial charge in [0.15, 0.2) is 0 Å². The second-order valence-electron chi connectivity index (χ2n) is 6.51. The number of carbonyl (C=O) groups excluding carboxylic acids is 2. The van der Waals surface area contributed by atoms with Crippen LogP contribution in [0.5, 0.6) is 0 Å². The lowest BCUT2D eigenvalue weighted by molar-refractivity contribution is -0.117. The number of nitrogens with one attached hydrogen (secondary N) is 1. The van der Waals surface area contributed by atoms with Gasteiger partial charge in [-0.2, -0.15) is 0 Å². The zero-order valence-electron chi connectivity index (χ0n) is 15.5. The van der Waals surface area contributed by atoms with E-state index >= 15 is 0 Å². The van der Waals surface area contributed by atoms with Gasteiger partial charge in [-0.3, -0.25) is 15.0 Å². The number of anilines is 2. The maximum atomic E-state index is 12.7. The summed E-state index contributed by atoms with van der Waals surface area (Å²) in [5.74, 6) is -0.726. The molecule has 0 aromatic heterocycles. The van der Waals surface area contributed by atoms with Crippen LogP contribution in [0, 0.1) is 13.8 Å². The lowest BCUT2D eigenvalue weighted by Gasteiger charge is -2.16. The molecule has 0 bridgehead atoms. The number of carbonyl (C=O) groups is 2. The number of hydrazine groups is 1. The Morgan fingerprint density at radius 2 is 1.73 bits per heavy atom. The molecule has 1 N–H and O–H groups in total. The highest BCUT2D eigenvalue weighted by molar-refractivity contribution is 6.31. The van der Waals surface area contributed by atoms with E-state index in [1.54, 1.807) is 6.08 Å². The molecule has 1 heterocycles. The quantitative estimate of drug-likeness (QED) is 0.681. The van der Waals surface area contributed by atoms with Crippen molar-refractivity contribution >= 4 is 29.3 Å². The van der Waals surface area contributed by atoms with Crippen LogP contribution >= 0.6 is 0 Å². The van der Waals surface area contributed by atoms with Gasteiger partial charge in [-0.1, -0.05) is 18.2 Å². The van der Waals surface area contributed by atoms with E-state index in [-0.39, 0.29) is 17.4 Å². The van der Waals surface area contributed by atoms with E-state index in [2.05, 4.69) is 17.2 Å². The van der Waals surface area contributed by atoms with Crippen molar-refractivity contribution in [3.05, 3.63) is 64.7 Å². The molecule has 3 rings (SSSR count). The number of hydrogen-bond acceptors (Lipinski definition) is 3. The molecule has 0 radical (unpaired) electrons. The molecule has 134 valence electrons. The Labute approximate surface area is 153 Å². The van der Waals surface area contributed by atoms with Crippen molar-refractivity contribution < 1.29 is 9.59 Å². The van der Waals surface area contributed by atoms with Gasteiger partial charge >= 0.3 is 0 Å². The Hall–Kier alpha value is -3.08. The first-order chi connectivity index (χ1) is 12.4. The largest absolute Gasteiger partial charge is 0.375 e. The highest BCUT2D eigenvalue weighted by atomic mass is 16.2. The van der Waals surface area contributed by atoms with Crippen LogP contribution in [-0.4, -0.2) is 25.4 Å². The van der Waals surface area contributed by atoms with Crippen molar-refractivity contribution in [1.29, 1.82) is 0 Å². The maximum Gasteiger partial charge on any atom is 0.282 e. The molecule has 2 aromatic rings. The molecule has 5 heteroatoms. The molecule has 2 aromatic carbocycles. The molecule has 0 unspecified atom stereocenters. The van der Waals surface area contributed by atoms with E-state index < -0.39 is 0 Å². The van der Waals surface area contributed by atoms with E-state index in [1.165, 1.54) is 5.01 Å². The molecule has 1 fully saturated rings. The summed E-state index contributed by atoms with van der Waals surface area (Å²) in [5.41, 5.74) is 7.56. The lowest BCUT2D eigenvalue weighted by Crippen LogP contribution is -2.35. The van der Waals surface area contributed by atoms with Gasteiger partial charge in [-0.05, 0) is 67.8 Å². The minimum absolute atomic E-state index is 0.139. The SMILES string of the molecule is CCN(C)c1ccc(/C=C2\C(=O)NN(c3ccc(C)c(C)c3)C2=O)cc1. The van der Waals surface area contributed by atoms with Gasteiger partial charge in [0.1, 0.15) is 5.57 Å². The summed E-state index contributed by atoms with van der Waals surface area (Å²) >= 11 is 0. The van der Waals surface area contributed by atoms with E-state index in [0.717, 1.165) is 28.9 Å². The number of rotatable bonds is 4. The third-order valence-corrected chi connectivity index (χ3v) is 4.76. The van der Waals surface area contributed by atoms with Crippen LogP contribution < -0.4 is 15.3 Å². The Bertz CT molecular complexity index is 885. The van der Waals surface area contributed by atoms with Crippen LogP contribution in [0.2, 0.25) is 0 Å². The van der Waals surface area contributed by atoms with Crippen LogP contribution in [0.4, 0.5) is 11.4 Å². The predicted octanol–water partition coefficient (Wildman–Crippen LogP) is 3.22. The first-order valence-corrected chi connectivity index (χ1v) is 8.66. The minimum atomic E-state index is -0.386. The highest BCUT2D eigenvalue weighted by Crippen LogP contribution is 2.24. The highest BCUT2D eigenvalue weighted by Gasteiger charge is 2.34.